The normalized spacial score (nSPS) is 17.6. The Morgan fingerprint density at radius 1 is 1.38 bits per heavy atom. The fourth-order valence-electron chi connectivity index (χ4n) is 2.46. The van der Waals surface area contributed by atoms with Crippen LogP contribution in [-0.4, -0.2) is 13.0 Å². The van der Waals surface area contributed by atoms with Gasteiger partial charge in [-0.1, -0.05) is 6.07 Å². The molecule has 1 aromatic rings. The molecule has 2 rings (SSSR count). The van der Waals surface area contributed by atoms with Crippen molar-refractivity contribution in [2.45, 2.75) is 32.7 Å². The van der Waals surface area contributed by atoms with Gasteiger partial charge in [0.2, 0.25) is 5.91 Å². The summed E-state index contributed by atoms with van der Waals surface area (Å²) >= 11 is 0. The molecule has 1 N–H and O–H groups in total. The van der Waals surface area contributed by atoms with Crippen LogP contribution in [0.3, 0.4) is 0 Å². The van der Waals surface area contributed by atoms with Gasteiger partial charge in [-0.3, -0.25) is 4.79 Å². The number of carbonyl (C=O) groups excluding carboxylic acids is 1. The van der Waals surface area contributed by atoms with Crippen LogP contribution in [0.5, 0.6) is 5.75 Å². The van der Waals surface area contributed by atoms with Gasteiger partial charge in [-0.15, -0.1) is 0 Å². The average molecular weight is 219 g/mol. The second-order valence-corrected chi connectivity index (χ2v) is 4.85. The lowest BCUT2D eigenvalue weighted by Gasteiger charge is -2.35. The van der Waals surface area contributed by atoms with Crippen molar-refractivity contribution < 1.29 is 9.53 Å². The molecular formula is C13H17NO2. The minimum Gasteiger partial charge on any atom is -0.496 e. The lowest BCUT2D eigenvalue weighted by molar-refractivity contribution is -0.122. The number of aryl methyl sites for hydroxylation is 1. The zero-order valence-corrected chi connectivity index (χ0v) is 10.2. The molecule has 0 spiro atoms. The van der Waals surface area contributed by atoms with Crippen molar-refractivity contribution in [1.29, 1.82) is 0 Å². The van der Waals surface area contributed by atoms with Gasteiger partial charge in [0, 0.05) is 5.56 Å². The number of benzene rings is 1. The number of methoxy groups -OCH3 is 1. The summed E-state index contributed by atoms with van der Waals surface area (Å²) in [4.78, 5) is 11.6. The van der Waals surface area contributed by atoms with Gasteiger partial charge in [-0.05, 0) is 38.0 Å². The fourth-order valence-corrected chi connectivity index (χ4v) is 2.46. The molecule has 3 nitrogen and oxygen atoms in total. The van der Waals surface area contributed by atoms with Crippen LogP contribution in [0, 0.1) is 6.92 Å². The first-order chi connectivity index (χ1) is 7.44. The van der Waals surface area contributed by atoms with Gasteiger partial charge in [-0.25, -0.2) is 0 Å². The summed E-state index contributed by atoms with van der Waals surface area (Å²) in [6.45, 7) is 6.02. The van der Waals surface area contributed by atoms with E-state index in [1.54, 1.807) is 7.11 Å². The zero-order chi connectivity index (χ0) is 11.9. The number of carbonyl (C=O) groups is 1. The first-order valence-electron chi connectivity index (χ1n) is 5.43. The number of ether oxygens (including phenoxy) is 1. The van der Waals surface area contributed by atoms with Crippen LogP contribution in [0.2, 0.25) is 0 Å². The molecular weight excluding hydrogens is 202 g/mol. The average Bonchev–Trinajstić information content (AvgIpc) is 2.13. The highest BCUT2D eigenvalue weighted by Gasteiger charge is 2.33. The van der Waals surface area contributed by atoms with E-state index in [-0.39, 0.29) is 11.4 Å². The predicted molar refractivity (Wildman–Crippen MR) is 62.6 cm³/mol. The van der Waals surface area contributed by atoms with Gasteiger partial charge in [0.15, 0.2) is 0 Å². The van der Waals surface area contributed by atoms with Crippen molar-refractivity contribution in [3.63, 3.8) is 0 Å². The second kappa shape index (κ2) is 3.51. The van der Waals surface area contributed by atoms with Crippen LogP contribution in [0.15, 0.2) is 12.1 Å². The van der Waals surface area contributed by atoms with Crippen molar-refractivity contribution in [2.75, 3.05) is 7.11 Å². The Morgan fingerprint density at radius 3 is 2.69 bits per heavy atom. The molecule has 1 amide bonds. The lowest BCUT2D eigenvalue weighted by atomic mass is 9.83. The van der Waals surface area contributed by atoms with Crippen LogP contribution >= 0.6 is 0 Å². The van der Waals surface area contributed by atoms with Gasteiger partial charge in [0.25, 0.3) is 0 Å². The maximum absolute atomic E-state index is 11.6. The minimum absolute atomic E-state index is 0.0742. The molecule has 1 aromatic carbocycles. The Bertz CT molecular complexity index is 449. The molecule has 0 atom stereocenters. The molecule has 3 heteroatoms. The van der Waals surface area contributed by atoms with Gasteiger partial charge >= 0.3 is 0 Å². The third-order valence-corrected chi connectivity index (χ3v) is 2.98. The topological polar surface area (TPSA) is 38.3 Å². The highest BCUT2D eigenvalue weighted by Crippen LogP contribution is 2.36. The fraction of sp³-hybridized carbons (Fsp3) is 0.462. The SMILES string of the molecule is COc1cc(C)cc2c1C(C)(C)NC(=O)C2. The van der Waals surface area contributed by atoms with Crippen LogP contribution in [-0.2, 0) is 16.8 Å². The molecule has 0 saturated carbocycles. The van der Waals surface area contributed by atoms with E-state index in [4.69, 9.17) is 4.74 Å². The zero-order valence-electron chi connectivity index (χ0n) is 10.2. The summed E-state index contributed by atoms with van der Waals surface area (Å²) in [5, 5.41) is 2.99. The van der Waals surface area contributed by atoms with Crippen molar-refractivity contribution in [1.82, 2.24) is 5.32 Å². The molecule has 1 heterocycles. The summed E-state index contributed by atoms with van der Waals surface area (Å²) in [6, 6.07) is 4.08. The molecule has 0 aromatic heterocycles. The predicted octanol–water partition coefficient (Wildman–Crippen LogP) is 1.91. The van der Waals surface area contributed by atoms with Crippen molar-refractivity contribution in [3.05, 3.63) is 28.8 Å². The number of hydrogen-bond acceptors (Lipinski definition) is 2. The number of amides is 1. The third kappa shape index (κ3) is 1.66. The van der Waals surface area contributed by atoms with E-state index in [1.165, 1.54) is 0 Å². The highest BCUT2D eigenvalue weighted by molar-refractivity contribution is 5.83. The lowest BCUT2D eigenvalue weighted by Crippen LogP contribution is -2.46. The summed E-state index contributed by atoms with van der Waals surface area (Å²) in [6.07, 6.45) is 0.441. The Kier molecular flexibility index (Phi) is 2.41. The quantitative estimate of drug-likeness (QED) is 0.783. The number of nitrogens with one attached hydrogen (secondary N) is 1. The highest BCUT2D eigenvalue weighted by atomic mass is 16.5. The van der Waals surface area contributed by atoms with E-state index in [2.05, 4.69) is 11.4 Å². The Hall–Kier alpha value is -1.51. The third-order valence-electron chi connectivity index (χ3n) is 2.98. The number of fused-ring (bicyclic) bond motifs is 1. The van der Waals surface area contributed by atoms with Crippen LogP contribution in [0.25, 0.3) is 0 Å². The molecule has 0 saturated heterocycles. The maximum Gasteiger partial charge on any atom is 0.225 e. The van der Waals surface area contributed by atoms with E-state index in [9.17, 15) is 4.79 Å². The van der Waals surface area contributed by atoms with Crippen molar-refractivity contribution in [2.24, 2.45) is 0 Å². The monoisotopic (exact) mass is 219 g/mol. The molecule has 0 fully saturated rings. The molecule has 0 unspecified atom stereocenters. The Labute approximate surface area is 95.8 Å². The van der Waals surface area contributed by atoms with Gasteiger partial charge in [-0.2, -0.15) is 0 Å². The Morgan fingerprint density at radius 2 is 2.06 bits per heavy atom. The number of rotatable bonds is 1. The second-order valence-electron chi connectivity index (χ2n) is 4.85. The molecule has 0 aliphatic carbocycles. The maximum atomic E-state index is 11.6. The van der Waals surface area contributed by atoms with Crippen LogP contribution in [0.1, 0.15) is 30.5 Å². The molecule has 1 aliphatic heterocycles. The minimum atomic E-state index is -0.357. The van der Waals surface area contributed by atoms with E-state index in [0.717, 1.165) is 22.4 Å². The number of hydrogen-bond donors (Lipinski definition) is 1. The van der Waals surface area contributed by atoms with Crippen molar-refractivity contribution >= 4 is 5.91 Å². The first-order valence-corrected chi connectivity index (χ1v) is 5.43. The molecule has 0 bridgehead atoms. The molecule has 1 aliphatic rings. The van der Waals surface area contributed by atoms with Gasteiger partial charge < -0.3 is 10.1 Å². The van der Waals surface area contributed by atoms with E-state index in [1.807, 2.05) is 26.8 Å². The van der Waals surface area contributed by atoms with Gasteiger partial charge in [0.1, 0.15) is 5.75 Å². The smallest absolute Gasteiger partial charge is 0.225 e. The van der Waals surface area contributed by atoms with Crippen molar-refractivity contribution in [3.8, 4) is 5.75 Å². The molecule has 0 radical (unpaired) electrons. The first kappa shape index (κ1) is 11.0. The standard InChI is InChI=1S/C13H17NO2/c1-8-5-9-7-11(15)14-13(2,3)12(9)10(6-8)16-4/h5-6H,7H2,1-4H3,(H,14,15). The van der Waals surface area contributed by atoms with E-state index in [0.29, 0.717) is 6.42 Å². The Balaban J connectivity index is 2.67. The van der Waals surface area contributed by atoms with Crippen LogP contribution < -0.4 is 10.1 Å². The summed E-state index contributed by atoms with van der Waals surface area (Å²) in [5.74, 6) is 0.935. The summed E-state index contributed by atoms with van der Waals surface area (Å²) in [5.41, 5.74) is 2.94. The molecule has 16 heavy (non-hydrogen) atoms. The summed E-state index contributed by atoms with van der Waals surface area (Å²) in [7, 11) is 1.67. The van der Waals surface area contributed by atoms with E-state index >= 15 is 0 Å². The largest absolute Gasteiger partial charge is 0.496 e. The van der Waals surface area contributed by atoms with Crippen LogP contribution in [0.4, 0.5) is 0 Å². The van der Waals surface area contributed by atoms with E-state index < -0.39 is 0 Å². The van der Waals surface area contributed by atoms with Gasteiger partial charge in [0.05, 0.1) is 19.1 Å². The summed E-state index contributed by atoms with van der Waals surface area (Å²) < 4.78 is 5.41. The molecule has 86 valence electrons.